The van der Waals surface area contributed by atoms with E-state index >= 15 is 0 Å². The first-order valence-corrected chi connectivity index (χ1v) is 6.46. The minimum atomic E-state index is -0.234. The van der Waals surface area contributed by atoms with E-state index < -0.39 is 0 Å². The Labute approximate surface area is 99.8 Å². The molecule has 3 atom stereocenters. The van der Waals surface area contributed by atoms with Gasteiger partial charge < -0.3 is 14.7 Å². The van der Waals surface area contributed by atoms with Gasteiger partial charge in [0, 0.05) is 25.1 Å². The molecule has 1 aliphatic heterocycles. The van der Waals surface area contributed by atoms with Crippen molar-refractivity contribution in [2.75, 3.05) is 26.8 Å². The maximum Gasteiger partial charge on any atom is 0.0718 e. The molecule has 0 aromatic heterocycles. The van der Waals surface area contributed by atoms with E-state index in [0.29, 0.717) is 17.9 Å². The van der Waals surface area contributed by atoms with Crippen LogP contribution in [0.1, 0.15) is 33.6 Å². The molecule has 3 nitrogen and oxygen atoms in total. The lowest BCUT2D eigenvalue weighted by molar-refractivity contribution is 0.0506. The van der Waals surface area contributed by atoms with Gasteiger partial charge in [-0.2, -0.15) is 0 Å². The molecule has 0 radical (unpaired) electrons. The molecular weight excluding hydrogens is 202 g/mol. The number of hydrogen-bond acceptors (Lipinski definition) is 3. The molecule has 1 heterocycles. The summed E-state index contributed by atoms with van der Waals surface area (Å²) in [6.45, 7) is 9.03. The molecule has 96 valence electrons. The molecule has 0 spiro atoms. The number of rotatable bonds is 6. The van der Waals surface area contributed by atoms with Gasteiger partial charge in [0.25, 0.3) is 0 Å². The summed E-state index contributed by atoms with van der Waals surface area (Å²) >= 11 is 0. The highest BCUT2D eigenvalue weighted by atomic mass is 16.5. The van der Waals surface area contributed by atoms with Crippen LogP contribution >= 0.6 is 0 Å². The number of hydrogen-bond donors (Lipinski definition) is 1. The lowest BCUT2D eigenvalue weighted by Crippen LogP contribution is -2.39. The average Bonchev–Trinajstić information content (AvgIpc) is 2.68. The first-order chi connectivity index (χ1) is 7.50. The van der Waals surface area contributed by atoms with Crippen molar-refractivity contribution < 1.29 is 9.84 Å². The Hall–Kier alpha value is -0.120. The van der Waals surface area contributed by atoms with Crippen molar-refractivity contribution in [2.45, 2.75) is 45.8 Å². The van der Waals surface area contributed by atoms with Gasteiger partial charge >= 0.3 is 0 Å². The number of nitrogens with zero attached hydrogens (tertiary/aromatic N) is 1. The highest BCUT2D eigenvalue weighted by Crippen LogP contribution is 2.18. The van der Waals surface area contributed by atoms with E-state index in [1.807, 2.05) is 0 Å². The number of likely N-dealkylation sites (N-methyl/N-ethyl adjacent to an activating group) is 1. The van der Waals surface area contributed by atoms with Crippen LogP contribution in [0.2, 0.25) is 0 Å². The molecule has 0 aliphatic carbocycles. The molecule has 3 unspecified atom stereocenters. The molecule has 16 heavy (non-hydrogen) atoms. The Kier molecular flexibility index (Phi) is 5.73. The van der Waals surface area contributed by atoms with Crippen LogP contribution < -0.4 is 0 Å². The number of aliphatic hydroxyl groups is 1. The van der Waals surface area contributed by atoms with Gasteiger partial charge in [0.2, 0.25) is 0 Å². The highest BCUT2D eigenvalue weighted by molar-refractivity contribution is 4.77. The number of aliphatic hydroxyl groups excluding tert-OH is 1. The zero-order valence-electron chi connectivity index (χ0n) is 11.1. The molecule has 0 bridgehead atoms. The fraction of sp³-hybridized carbons (Fsp3) is 1.00. The summed E-state index contributed by atoms with van der Waals surface area (Å²) in [6, 6.07) is 0.539. The van der Waals surface area contributed by atoms with Crippen molar-refractivity contribution in [1.29, 1.82) is 0 Å². The van der Waals surface area contributed by atoms with Crippen LogP contribution in [0.25, 0.3) is 0 Å². The molecule has 1 N–H and O–H groups in total. The summed E-state index contributed by atoms with van der Waals surface area (Å²) in [6.07, 6.45) is 1.96. The van der Waals surface area contributed by atoms with Gasteiger partial charge in [-0.1, -0.05) is 13.8 Å². The van der Waals surface area contributed by atoms with Crippen LogP contribution in [0.3, 0.4) is 0 Å². The van der Waals surface area contributed by atoms with Gasteiger partial charge in [0.1, 0.15) is 0 Å². The first kappa shape index (κ1) is 13.9. The van der Waals surface area contributed by atoms with Gasteiger partial charge in [-0.05, 0) is 32.7 Å². The van der Waals surface area contributed by atoms with Crippen molar-refractivity contribution in [3.63, 3.8) is 0 Å². The topological polar surface area (TPSA) is 32.7 Å². The van der Waals surface area contributed by atoms with E-state index in [-0.39, 0.29) is 6.10 Å². The van der Waals surface area contributed by atoms with Crippen LogP contribution in [-0.2, 0) is 4.74 Å². The molecule has 0 amide bonds. The Morgan fingerprint density at radius 2 is 2.06 bits per heavy atom. The quantitative estimate of drug-likeness (QED) is 0.753. The molecule has 1 saturated heterocycles. The van der Waals surface area contributed by atoms with Crippen LogP contribution in [-0.4, -0.2) is 49.0 Å². The molecule has 0 saturated carbocycles. The molecule has 1 aliphatic rings. The van der Waals surface area contributed by atoms with Crippen molar-refractivity contribution in [3.8, 4) is 0 Å². The molecule has 0 aromatic rings. The van der Waals surface area contributed by atoms with Crippen LogP contribution in [0.15, 0.2) is 0 Å². The summed E-state index contributed by atoms with van der Waals surface area (Å²) < 4.78 is 5.31. The Morgan fingerprint density at radius 3 is 2.56 bits per heavy atom. The number of ether oxygens (including phenoxy) is 1. The molecule has 0 aromatic carbocycles. The molecule has 1 fully saturated rings. The Morgan fingerprint density at radius 1 is 1.38 bits per heavy atom. The first-order valence-electron chi connectivity index (χ1n) is 6.46. The van der Waals surface area contributed by atoms with Crippen molar-refractivity contribution in [3.05, 3.63) is 0 Å². The summed E-state index contributed by atoms with van der Waals surface area (Å²) in [7, 11) is 2.10. The van der Waals surface area contributed by atoms with E-state index in [2.05, 4.69) is 32.7 Å². The summed E-state index contributed by atoms with van der Waals surface area (Å²) in [5.41, 5.74) is 0. The second-order valence-corrected chi connectivity index (χ2v) is 5.61. The third-order valence-electron chi connectivity index (χ3n) is 3.55. The molecule has 3 heteroatoms. The predicted octanol–water partition coefficient (Wildman–Crippen LogP) is 1.75. The third-order valence-corrected chi connectivity index (χ3v) is 3.55. The van der Waals surface area contributed by atoms with E-state index in [4.69, 9.17) is 4.74 Å². The summed E-state index contributed by atoms with van der Waals surface area (Å²) in [4.78, 5) is 2.27. The van der Waals surface area contributed by atoms with Crippen LogP contribution in [0.5, 0.6) is 0 Å². The molecule has 1 rings (SSSR count). The third kappa shape index (κ3) is 4.40. The van der Waals surface area contributed by atoms with Crippen molar-refractivity contribution >= 4 is 0 Å². The van der Waals surface area contributed by atoms with E-state index in [1.165, 1.54) is 6.42 Å². The lowest BCUT2D eigenvalue weighted by Gasteiger charge is -2.29. The average molecular weight is 229 g/mol. The SMILES string of the molecule is CC(C)CC(C)N(C)CC(O)C1CCOC1. The summed E-state index contributed by atoms with van der Waals surface area (Å²) in [5, 5.41) is 10.1. The lowest BCUT2D eigenvalue weighted by atomic mass is 9.99. The van der Waals surface area contributed by atoms with Gasteiger partial charge in [-0.15, -0.1) is 0 Å². The van der Waals surface area contributed by atoms with Gasteiger partial charge in [-0.3, -0.25) is 0 Å². The second kappa shape index (κ2) is 6.58. The monoisotopic (exact) mass is 229 g/mol. The maximum atomic E-state index is 10.1. The van der Waals surface area contributed by atoms with Gasteiger partial charge in [0.05, 0.1) is 12.7 Å². The fourth-order valence-corrected chi connectivity index (χ4v) is 2.34. The largest absolute Gasteiger partial charge is 0.391 e. The predicted molar refractivity (Wildman–Crippen MR) is 66.5 cm³/mol. The van der Waals surface area contributed by atoms with E-state index in [9.17, 15) is 5.11 Å². The maximum absolute atomic E-state index is 10.1. The normalized spacial score (nSPS) is 25.3. The second-order valence-electron chi connectivity index (χ2n) is 5.61. The van der Waals surface area contributed by atoms with Crippen LogP contribution in [0.4, 0.5) is 0 Å². The van der Waals surface area contributed by atoms with Crippen molar-refractivity contribution in [1.82, 2.24) is 4.90 Å². The zero-order valence-corrected chi connectivity index (χ0v) is 11.1. The van der Waals surface area contributed by atoms with Gasteiger partial charge in [-0.25, -0.2) is 0 Å². The smallest absolute Gasteiger partial charge is 0.0718 e. The Bertz CT molecular complexity index is 190. The molecular formula is C13H27NO2. The van der Waals surface area contributed by atoms with Gasteiger partial charge in [0.15, 0.2) is 0 Å². The minimum absolute atomic E-state index is 0.234. The fourth-order valence-electron chi connectivity index (χ4n) is 2.34. The summed E-state index contributed by atoms with van der Waals surface area (Å²) in [5.74, 6) is 1.05. The van der Waals surface area contributed by atoms with Crippen molar-refractivity contribution in [2.24, 2.45) is 11.8 Å². The standard InChI is InChI=1S/C13H27NO2/c1-10(2)7-11(3)14(4)8-13(15)12-5-6-16-9-12/h10-13,15H,5-9H2,1-4H3. The van der Waals surface area contributed by atoms with Crippen LogP contribution in [0, 0.1) is 11.8 Å². The Balaban J connectivity index is 2.28. The minimum Gasteiger partial charge on any atom is -0.391 e. The zero-order chi connectivity index (χ0) is 12.1. The van der Waals surface area contributed by atoms with E-state index in [0.717, 1.165) is 26.2 Å². The highest BCUT2D eigenvalue weighted by Gasteiger charge is 2.25. The van der Waals surface area contributed by atoms with E-state index in [1.54, 1.807) is 0 Å².